The highest BCUT2D eigenvalue weighted by Crippen LogP contribution is 2.31. The molecule has 2 nitrogen and oxygen atoms in total. The minimum atomic E-state index is 0.727. The SMILES string of the molecule is C1CC2(CCN1)CNC2.CC.CC. The second kappa shape index (κ2) is 7.34. The minimum absolute atomic E-state index is 0.727. The van der Waals surface area contributed by atoms with E-state index in [1.54, 1.807) is 0 Å². The van der Waals surface area contributed by atoms with Crippen LogP contribution < -0.4 is 10.6 Å². The van der Waals surface area contributed by atoms with Crippen molar-refractivity contribution in [2.75, 3.05) is 26.2 Å². The lowest BCUT2D eigenvalue weighted by Crippen LogP contribution is -2.57. The third kappa shape index (κ3) is 3.65. The van der Waals surface area contributed by atoms with Crippen molar-refractivity contribution in [3.8, 4) is 0 Å². The molecule has 0 unspecified atom stereocenters. The normalized spacial score (nSPS) is 23.1. The fraction of sp³-hybridized carbons (Fsp3) is 1.00. The van der Waals surface area contributed by atoms with Crippen LogP contribution in [-0.4, -0.2) is 26.2 Å². The van der Waals surface area contributed by atoms with Crippen molar-refractivity contribution in [1.82, 2.24) is 10.6 Å². The zero-order valence-corrected chi connectivity index (χ0v) is 9.74. The Morgan fingerprint density at radius 3 is 1.46 bits per heavy atom. The predicted molar refractivity (Wildman–Crippen MR) is 60.1 cm³/mol. The summed E-state index contributed by atoms with van der Waals surface area (Å²) in [6.45, 7) is 13.0. The van der Waals surface area contributed by atoms with Gasteiger partial charge in [0.15, 0.2) is 0 Å². The molecule has 2 aliphatic rings. The number of piperidine rings is 1. The van der Waals surface area contributed by atoms with Crippen LogP contribution in [0.25, 0.3) is 0 Å². The third-order valence-electron chi connectivity index (χ3n) is 2.66. The fourth-order valence-corrected chi connectivity index (χ4v) is 1.79. The van der Waals surface area contributed by atoms with E-state index in [0.29, 0.717) is 0 Å². The van der Waals surface area contributed by atoms with E-state index < -0.39 is 0 Å². The first-order valence-electron chi connectivity index (χ1n) is 5.83. The van der Waals surface area contributed by atoms with Crippen molar-refractivity contribution in [1.29, 1.82) is 0 Å². The van der Waals surface area contributed by atoms with Gasteiger partial charge in [0, 0.05) is 13.1 Å². The van der Waals surface area contributed by atoms with Crippen LogP contribution in [0.4, 0.5) is 0 Å². The van der Waals surface area contributed by atoms with Crippen molar-refractivity contribution in [2.45, 2.75) is 40.5 Å². The van der Waals surface area contributed by atoms with E-state index in [0.717, 1.165) is 5.41 Å². The Balaban J connectivity index is 0.000000322. The molecular weight excluding hydrogens is 160 g/mol. The second-order valence-electron chi connectivity index (χ2n) is 3.35. The molecule has 0 aliphatic carbocycles. The maximum atomic E-state index is 3.38. The number of rotatable bonds is 0. The molecule has 0 aromatic rings. The standard InChI is InChI=1S/C7H14N2.2C2H6/c1-3-8-4-2-7(1)5-9-6-7;2*1-2/h8-9H,1-6H2;2*1-2H3. The van der Waals surface area contributed by atoms with Crippen LogP contribution in [-0.2, 0) is 0 Å². The lowest BCUT2D eigenvalue weighted by atomic mass is 9.74. The summed E-state index contributed by atoms with van der Waals surface area (Å²) < 4.78 is 0. The Bertz CT molecular complexity index is 101. The Labute approximate surface area is 83.5 Å². The first-order valence-corrected chi connectivity index (χ1v) is 5.83. The molecule has 1 spiro atoms. The molecule has 2 fully saturated rings. The summed E-state index contributed by atoms with van der Waals surface area (Å²) in [6, 6.07) is 0. The van der Waals surface area contributed by atoms with Gasteiger partial charge in [0.25, 0.3) is 0 Å². The maximum Gasteiger partial charge on any atom is 0.00212 e. The maximum absolute atomic E-state index is 3.38. The minimum Gasteiger partial charge on any atom is -0.317 e. The van der Waals surface area contributed by atoms with E-state index in [2.05, 4.69) is 10.6 Å². The van der Waals surface area contributed by atoms with Crippen LogP contribution in [0.1, 0.15) is 40.5 Å². The third-order valence-corrected chi connectivity index (χ3v) is 2.66. The smallest absolute Gasteiger partial charge is 0.00212 e. The lowest BCUT2D eigenvalue weighted by Gasteiger charge is -2.45. The molecule has 0 amide bonds. The largest absolute Gasteiger partial charge is 0.317 e. The average molecular weight is 186 g/mol. The van der Waals surface area contributed by atoms with E-state index in [-0.39, 0.29) is 0 Å². The van der Waals surface area contributed by atoms with Crippen LogP contribution in [0, 0.1) is 5.41 Å². The molecule has 2 heterocycles. The van der Waals surface area contributed by atoms with E-state index in [9.17, 15) is 0 Å². The van der Waals surface area contributed by atoms with Crippen molar-refractivity contribution in [3.05, 3.63) is 0 Å². The van der Waals surface area contributed by atoms with Gasteiger partial charge in [-0.25, -0.2) is 0 Å². The van der Waals surface area contributed by atoms with Crippen LogP contribution >= 0.6 is 0 Å². The van der Waals surface area contributed by atoms with E-state index in [1.165, 1.54) is 39.0 Å². The summed E-state index contributed by atoms with van der Waals surface area (Å²) in [5.74, 6) is 0. The molecular formula is C11H26N2. The Morgan fingerprint density at radius 2 is 1.23 bits per heavy atom. The Morgan fingerprint density at radius 1 is 0.769 bits per heavy atom. The van der Waals surface area contributed by atoms with Crippen molar-refractivity contribution < 1.29 is 0 Å². The van der Waals surface area contributed by atoms with Crippen molar-refractivity contribution >= 4 is 0 Å². The molecule has 13 heavy (non-hydrogen) atoms. The molecule has 2 rings (SSSR count). The summed E-state index contributed by atoms with van der Waals surface area (Å²) in [5, 5.41) is 6.72. The van der Waals surface area contributed by atoms with Gasteiger partial charge in [0.05, 0.1) is 0 Å². The first-order chi connectivity index (χ1) is 6.41. The lowest BCUT2D eigenvalue weighted by molar-refractivity contribution is 0.116. The van der Waals surface area contributed by atoms with E-state index in [1.807, 2.05) is 27.7 Å². The van der Waals surface area contributed by atoms with Gasteiger partial charge in [0.1, 0.15) is 0 Å². The highest BCUT2D eigenvalue weighted by atomic mass is 15.0. The van der Waals surface area contributed by atoms with Gasteiger partial charge in [0.2, 0.25) is 0 Å². The summed E-state index contributed by atoms with van der Waals surface area (Å²) in [4.78, 5) is 0. The summed E-state index contributed by atoms with van der Waals surface area (Å²) in [6.07, 6.45) is 2.78. The van der Waals surface area contributed by atoms with Gasteiger partial charge in [-0.1, -0.05) is 27.7 Å². The molecule has 0 aromatic heterocycles. The molecule has 2 N–H and O–H groups in total. The molecule has 2 aliphatic heterocycles. The highest BCUT2D eigenvalue weighted by molar-refractivity contribution is 4.94. The summed E-state index contributed by atoms with van der Waals surface area (Å²) >= 11 is 0. The van der Waals surface area contributed by atoms with E-state index in [4.69, 9.17) is 0 Å². The van der Waals surface area contributed by atoms with Gasteiger partial charge in [-0.2, -0.15) is 0 Å². The second-order valence-corrected chi connectivity index (χ2v) is 3.35. The number of hydrogen-bond acceptors (Lipinski definition) is 2. The topological polar surface area (TPSA) is 24.1 Å². The molecule has 2 heteroatoms. The Hall–Kier alpha value is -0.0800. The van der Waals surface area contributed by atoms with Gasteiger partial charge in [-0.3, -0.25) is 0 Å². The van der Waals surface area contributed by atoms with Crippen LogP contribution in [0.3, 0.4) is 0 Å². The molecule has 0 aromatic carbocycles. The monoisotopic (exact) mass is 186 g/mol. The van der Waals surface area contributed by atoms with Crippen LogP contribution in [0.15, 0.2) is 0 Å². The van der Waals surface area contributed by atoms with Gasteiger partial charge in [-0.15, -0.1) is 0 Å². The first kappa shape index (κ1) is 12.9. The summed E-state index contributed by atoms with van der Waals surface area (Å²) in [7, 11) is 0. The number of hydrogen-bond donors (Lipinski definition) is 2. The predicted octanol–water partition coefficient (Wildman–Crippen LogP) is 2.01. The molecule has 0 atom stereocenters. The fourth-order valence-electron chi connectivity index (χ4n) is 1.79. The highest BCUT2D eigenvalue weighted by Gasteiger charge is 2.37. The quantitative estimate of drug-likeness (QED) is 0.605. The molecule has 0 saturated carbocycles. The van der Waals surface area contributed by atoms with Gasteiger partial charge in [-0.05, 0) is 31.3 Å². The zero-order chi connectivity index (χ0) is 10.2. The van der Waals surface area contributed by atoms with Crippen LogP contribution in [0.2, 0.25) is 0 Å². The molecule has 0 bridgehead atoms. The molecule has 0 radical (unpaired) electrons. The van der Waals surface area contributed by atoms with Crippen molar-refractivity contribution in [2.24, 2.45) is 5.41 Å². The van der Waals surface area contributed by atoms with E-state index >= 15 is 0 Å². The van der Waals surface area contributed by atoms with Gasteiger partial charge >= 0.3 is 0 Å². The average Bonchev–Trinajstić information content (AvgIpc) is 2.23. The molecule has 2 saturated heterocycles. The number of nitrogens with one attached hydrogen (secondary N) is 2. The molecule has 80 valence electrons. The summed E-state index contributed by atoms with van der Waals surface area (Å²) in [5.41, 5.74) is 0.727. The van der Waals surface area contributed by atoms with Crippen LogP contribution in [0.5, 0.6) is 0 Å². The zero-order valence-electron chi connectivity index (χ0n) is 9.74. The van der Waals surface area contributed by atoms with Gasteiger partial charge < -0.3 is 10.6 Å². The van der Waals surface area contributed by atoms with Crippen molar-refractivity contribution in [3.63, 3.8) is 0 Å². The Kier molecular flexibility index (Phi) is 7.29.